The summed E-state index contributed by atoms with van der Waals surface area (Å²) in [5.41, 5.74) is 0.721. The van der Waals surface area contributed by atoms with Gasteiger partial charge in [-0.15, -0.1) is 11.8 Å². The summed E-state index contributed by atoms with van der Waals surface area (Å²) in [6, 6.07) is 7.37. The van der Waals surface area contributed by atoms with Crippen molar-refractivity contribution < 1.29 is 19.1 Å². The van der Waals surface area contributed by atoms with Gasteiger partial charge in [0.15, 0.2) is 0 Å². The molecular weight excluding hydrogens is 446 g/mol. The van der Waals surface area contributed by atoms with Gasteiger partial charge < -0.3 is 19.9 Å². The third-order valence-corrected chi connectivity index (χ3v) is 6.13. The van der Waals surface area contributed by atoms with E-state index in [9.17, 15) is 14.4 Å². The average Bonchev–Trinajstić information content (AvgIpc) is 3.22. The van der Waals surface area contributed by atoms with Crippen LogP contribution in [-0.2, 0) is 19.1 Å². The van der Waals surface area contributed by atoms with E-state index in [0.717, 1.165) is 23.0 Å². The first-order chi connectivity index (χ1) is 13.5. The van der Waals surface area contributed by atoms with Crippen LogP contribution < -0.4 is 5.32 Å². The maximum absolute atomic E-state index is 12.4. The summed E-state index contributed by atoms with van der Waals surface area (Å²) in [4.78, 5) is 40.2. The van der Waals surface area contributed by atoms with E-state index in [4.69, 9.17) is 4.74 Å². The predicted octanol–water partition coefficient (Wildman–Crippen LogP) is 1.97. The second kappa shape index (κ2) is 10.3. The summed E-state index contributed by atoms with van der Waals surface area (Å²) < 4.78 is 6.35. The van der Waals surface area contributed by atoms with Crippen LogP contribution in [0.4, 0.5) is 5.69 Å². The Kier molecular flexibility index (Phi) is 7.75. The largest absolute Gasteiger partial charge is 0.368 e. The third kappa shape index (κ3) is 5.96. The SMILES string of the molecule is O=C(CSCC(=O)N1CCN(C(=O)C2CCCO2)CC1)Nc1cccc(Br)c1. The first-order valence-corrected chi connectivity index (χ1v) is 11.3. The van der Waals surface area contributed by atoms with Crippen molar-refractivity contribution in [3.63, 3.8) is 0 Å². The van der Waals surface area contributed by atoms with Crippen LogP contribution in [0.5, 0.6) is 0 Å². The minimum atomic E-state index is -0.304. The number of hydrogen-bond acceptors (Lipinski definition) is 5. The van der Waals surface area contributed by atoms with Crippen LogP contribution in [0.1, 0.15) is 12.8 Å². The average molecular weight is 470 g/mol. The topological polar surface area (TPSA) is 79.0 Å². The first-order valence-electron chi connectivity index (χ1n) is 9.34. The Morgan fingerprint density at radius 2 is 1.89 bits per heavy atom. The Morgan fingerprint density at radius 3 is 2.57 bits per heavy atom. The van der Waals surface area contributed by atoms with Crippen molar-refractivity contribution in [1.29, 1.82) is 0 Å². The number of benzene rings is 1. The molecular formula is C19H24BrN3O4S. The van der Waals surface area contributed by atoms with Crippen LogP contribution in [0.3, 0.4) is 0 Å². The molecule has 152 valence electrons. The molecule has 1 atom stereocenters. The van der Waals surface area contributed by atoms with Crippen LogP contribution in [0.2, 0.25) is 0 Å². The number of nitrogens with one attached hydrogen (secondary N) is 1. The number of anilines is 1. The highest BCUT2D eigenvalue weighted by molar-refractivity contribution is 9.10. The number of halogens is 1. The van der Waals surface area contributed by atoms with E-state index >= 15 is 0 Å². The van der Waals surface area contributed by atoms with E-state index in [-0.39, 0.29) is 35.3 Å². The van der Waals surface area contributed by atoms with Gasteiger partial charge in [0.1, 0.15) is 6.10 Å². The number of carbonyl (C=O) groups is 3. The molecule has 1 aromatic rings. The highest BCUT2D eigenvalue weighted by Crippen LogP contribution is 2.17. The fourth-order valence-electron chi connectivity index (χ4n) is 3.24. The van der Waals surface area contributed by atoms with Crippen LogP contribution >= 0.6 is 27.7 Å². The van der Waals surface area contributed by atoms with Crippen LogP contribution in [-0.4, -0.2) is 77.9 Å². The molecule has 1 unspecified atom stereocenters. The second-order valence-corrected chi connectivity index (χ2v) is 8.66. The Hall–Kier alpha value is -1.58. The number of carbonyl (C=O) groups excluding carboxylic acids is 3. The molecule has 0 radical (unpaired) electrons. The van der Waals surface area contributed by atoms with E-state index in [1.54, 1.807) is 9.80 Å². The fourth-order valence-corrected chi connectivity index (χ4v) is 4.35. The quantitative estimate of drug-likeness (QED) is 0.688. The fraction of sp³-hybridized carbons (Fsp3) is 0.526. The van der Waals surface area contributed by atoms with E-state index < -0.39 is 0 Å². The predicted molar refractivity (Wildman–Crippen MR) is 112 cm³/mol. The number of thioether (sulfide) groups is 1. The molecule has 1 N–H and O–H groups in total. The van der Waals surface area contributed by atoms with Crippen molar-refractivity contribution in [1.82, 2.24) is 9.80 Å². The summed E-state index contributed by atoms with van der Waals surface area (Å²) in [6.07, 6.45) is 1.42. The van der Waals surface area contributed by atoms with Gasteiger partial charge in [-0.3, -0.25) is 14.4 Å². The maximum Gasteiger partial charge on any atom is 0.251 e. The lowest BCUT2D eigenvalue weighted by molar-refractivity contribution is -0.145. The number of nitrogens with zero attached hydrogens (tertiary/aromatic N) is 2. The molecule has 9 heteroatoms. The van der Waals surface area contributed by atoms with E-state index in [1.165, 1.54) is 11.8 Å². The zero-order chi connectivity index (χ0) is 19.9. The zero-order valence-electron chi connectivity index (χ0n) is 15.6. The molecule has 2 aliphatic rings. The summed E-state index contributed by atoms with van der Waals surface area (Å²) in [5.74, 6) is 0.386. The molecule has 1 aromatic carbocycles. The number of ether oxygens (including phenoxy) is 1. The lowest BCUT2D eigenvalue weighted by atomic mass is 10.2. The summed E-state index contributed by atoms with van der Waals surface area (Å²) in [5, 5.41) is 2.81. The van der Waals surface area contributed by atoms with Gasteiger partial charge >= 0.3 is 0 Å². The Bertz CT molecular complexity index is 719. The van der Waals surface area contributed by atoms with Crippen molar-refractivity contribution in [3.05, 3.63) is 28.7 Å². The van der Waals surface area contributed by atoms with E-state index in [1.807, 2.05) is 24.3 Å². The molecule has 7 nitrogen and oxygen atoms in total. The van der Waals surface area contributed by atoms with Gasteiger partial charge in [-0.05, 0) is 31.0 Å². The molecule has 0 spiro atoms. The molecule has 0 aromatic heterocycles. The van der Waals surface area contributed by atoms with Gasteiger partial charge in [-0.1, -0.05) is 22.0 Å². The van der Waals surface area contributed by atoms with Gasteiger partial charge in [0, 0.05) is 42.9 Å². The van der Waals surface area contributed by atoms with E-state index in [2.05, 4.69) is 21.2 Å². The first kappa shape index (κ1) is 21.1. The smallest absolute Gasteiger partial charge is 0.251 e. The van der Waals surface area contributed by atoms with Gasteiger partial charge in [0.05, 0.1) is 11.5 Å². The van der Waals surface area contributed by atoms with Crippen molar-refractivity contribution in [3.8, 4) is 0 Å². The highest BCUT2D eigenvalue weighted by atomic mass is 79.9. The molecule has 3 rings (SSSR count). The number of rotatable bonds is 6. The molecule has 3 amide bonds. The van der Waals surface area contributed by atoms with Gasteiger partial charge in [0.25, 0.3) is 5.91 Å². The lowest BCUT2D eigenvalue weighted by Gasteiger charge is -2.35. The number of piperazine rings is 1. The molecule has 28 heavy (non-hydrogen) atoms. The second-order valence-electron chi connectivity index (χ2n) is 6.76. The minimum Gasteiger partial charge on any atom is -0.368 e. The standard InChI is InChI=1S/C19H24BrN3O4S/c20-14-3-1-4-15(11-14)21-17(24)12-28-13-18(25)22-6-8-23(9-7-22)19(26)16-5-2-10-27-16/h1,3-4,11,16H,2,5-10,12-13H2,(H,21,24). The van der Waals surface area contributed by atoms with Crippen LogP contribution in [0.15, 0.2) is 28.7 Å². The van der Waals surface area contributed by atoms with Crippen molar-refractivity contribution in [2.45, 2.75) is 18.9 Å². The summed E-state index contributed by atoms with van der Waals surface area (Å²) >= 11 is 4.66. The monoisotopic (exact) mass is 469 g/mol. The van der Waals surface area contributed by atoms with Crippen LogP contribution in [0, 0.1) is 0 Å². The molecule has 2 heterocycles. The summed E-state index contributed by atoms with van der Waals surface area (Å²) in [6.45, 7) is 2.79. The van der Waals surface area contributed by atoms with Crippen molar-refractivity contribution in [2.24, 2.45) is 0 Å². The Labute approximate surface area is 177 Å². The molecule has 2 aliphatic heterocycles. The molecule has 0 aliphatic carbocycles. The van der Waals surface area contributed by atoms with Crippen molar-refractivity contribution in [2.75, 3.05) is 49.6 Å². The van der Waals surface area contributed by atoms with Gasteiger partial charge in [-0.25, -0.2) is 0 Å². The molecule has 2 saturated heterocycles. The maximum atomic E-state index is 12.4. The highest BCUT2D eigenvalue weighted by Gasteiger charge is 2.31. The van der Waals surface area contributed by atoms with Crippen LogP contribution in [0.25, 0.3) is 0 Å². The van der Waals surface area contributed by atoms with E-state index in [0.29, 0.717) is 32.8 Å². The molecule has 0 bridgehead atoms. The lowest BCUT2D eigenvalue weighted by Crippen LogP contribution is -2.53. The minimum absolute atomic E-state index is 0.00414. The third-order valence-electron chi connectivity index (χ3n) is 4.72. The van der Waals surface area contributed by atoms with Crippen molar-refractivity contribution >= 4 is 51.1 Å². The number of hydrogen-bond donors (Lipinski definition) is 1. The molecule has 2 fully saturated rings. The van der Waals surface area contributed by atoms with Gasteiger partial charge in [-0.2, -0.15) is 0 Å². The number of amides is 3. The Morgan fingerprint density at radius 1 is 1.14 bits per heavy atom. The molecule has 0 saturated carbocycles. The normalized spacial score (nSPS) is 19.5. The van der Waals surface area contributed by atoms with Gasteiger partial charge in [0.2, 0.25) is 11.8 Å². The Balaban J connectivity index is 1.34. The zero-order valence-corrected chi connectivity index (χ0v) is 18.0. The summed E-state index contributed by atoms with van der Waals surface area (Å²) in [7, 11) is 0.